The van der Waals surface area contributed by atoms with Crippen LogP contribution in [-0.4, -0.2) is 27.9 Å². The molecule has 3 rings (SSSR count). The molecule has 0 bridgehead atoms. The largest absolute Gasteiger partial charge is 0.469 e. The van der Waals surface area contributed by atoms with Gasteiger partial charge in [-0.25, -0.2) is 4.79 Å². The number of benzene rings is 1. The molecular formula is C18H18N4O4S. The highest BCUT2D eigenvalue weighted by molar-refractivity contribution is 7.99. The van der Waals surface area contributed by atoms with Crippen molar-refractivity contribution in [2.75, 3.05) is 11.1 Å². The zero-order valence-corrected chi connectivity index (χ0v) is 15.8. The summed E-state index contributed by atoms with van der Waals surface area (Å²) in [5.74, 6) is 0.473. The van der Waals surface area contributed by atoms with Gasteiger partial charge in [0.1, 0.15) is 5.76 Å². The highest BCUT2D eigenvalue weighted by atomic mass is 32.2. The molecule has 9 heteroatoms. The lowest BCUT2D eigenvalue weighted by Gasteiger charge is -2.09. The molecule has 8 nitrogen and oxygen atoms in total. The number of nitrogens with zero attached hydrogens (tertiary/aromatic N) is 2. The Hall–Kier alpha value is -3.07. The second kappa shape index (κ2) is 8.09. The topological polar surface area (TPSA) is 110 Å². The summed E-state index contributed by atoms with van der Waals surface area (Å²) in [7, 11) is 0. The fourth-order valence-electron chi connectivity index (χ4n) is 2.38. The lowest BCUT2D eigenvalue weighted by Crippen LogP contribution is -2.35. The summed E-state index contributed by atoms with van der Waals surface area (Å²) in [6, 6.07) is 6.76. The highest BCUT2D eigenvalue weighted by Crippen LogP contribution is 2.26. The van der Waals surface area contributed by atoms with E-state index in [-0.39, 0.29) is 11.0 Å². The van der Waals surface area contributed by atoms with Gasteiger partial charge in [0, 0.05) is 5.69 Å². The molecule has 2 heterocycles. The Labute approximate surface area is 159 Å². The average molecular weight is 386 g/mol. The zero-order chi connectivity index (χ0) is 19.4. The quantitative estimate of drug-likeness (QED) is 0.643. The molecule has 3 aromatic rings. The minimum absolute atomic E-state index is 0.0354. The smallest absolute Gasteiger partial charge is 0.325 e. The van der Waals surface area contributed by atoms with Crippen molar-refractivity contribution in [3.05, 3.63) is 47.4 Å². The van der Waals surface area contributed by atoms with Crippen LogP contribution in [0.2, 0.25) is 0 Å². The SMILES string of the molecule is Cc1ccc(NC(=O)NC(=O)CSc2nnc(-c3ccoc3C)o2)c(C)c1. The third kappa shape index (κ3) is 4.76. The fourth-order valence-corrected chi connectivity index (χ4v) is 2.94. The summed E-state index contributed by atoms with van der Waals surface area (Å²) < 4.78 is 10.7. The Morgan fingerprint density at radius 1 is 1.15 bits per heavy atom. The molecule has 1 aromatic carbocycles. The van der Waals surface area contributed by atoms with Crippen molar-refractivity contribution in [3.63, 3.8) is 0 Å². The van der Waals surface area contributed by atoms with Gasteiger partial charge in [0.25, 0.3) is 11.1 Å². The number of thioether (sulfide) groups is 1. The van der Waals surface area contributed by atoms with Crippen molar-refractivity contribution < 1.29 is 18.4 Å². The van der Waals surface area contributed by atoms with Crippen molar-refractivity contribution in [1.82, 2.24) is 15.5 Å². The summed E-state index contributed by atoms with van der Waals surface area (Å²) >= 11 is 1.04. The molecule has 0 spiro atoms. The molecule has 0 aliphatic heterocycles. The van der Waals surface area contributed by atoms with Crippen LogP contribution in [0, 0.1) is 20.8 Å². The van der Waals surface area contributed by atoms with Crippen LogP contribution in [-0.2, 0) is 4.79 Å². The maximum atomic E-state index is 12.0. The molecule has 0 saturated carbocycles. The molecule has 3 amide bonds. The van der Waals surface area contributed by atoms with Crippen LogP contribution in [0.3, 0.4) is 0 Å². The molecule has 2 aromatic heterocycles. The number of carbonyl (C=O) groups is 2. The summed E-state index contributed by atoms with van der Waals surface area (Å²) in [5.41, 5.74) is 3.36. The Morgan fingerprint density at radius 2 is 1.96 bits per heavy atom. The third-order valence-corrected chi connectivity index (χ3v) is 4.52. The van der Waals surface area contributed by atoms with Gasteiger partial charge in [-0.15, -0.1) is 10.2 Å². The number of aromatic nitrogens is 2. The molecule has 0 radical (unpaired) electrons. The fraction of sp³-hybridized carbons (Fsp3) is 0.222. The van der Waals surface area contributed by atoms with Crippen LogP contribution in [0.15, 0.2) is 44.6 Å². The standard InChI is InChI=1S/C18H18N4O4S/c1-10-4-5-14(11(2)8-10)19-17(24)20-15(23)9-27-18-22-21-16(26-18)13-6-7-25-12(13)3/h4-8H,9H2,1-3H3,(H2,19,20,23,24). The second-order valence-corrected chi connectivity index (χ2v) is 6.80. The Kier molecular flexibility index (Phi) is 5.60. The van der Waals surface area contributed by atoms with Gasteiger partial charge >= 0.3 is 6.03 Å². The predicted molar refractivity (Wildman–Crippen MR) is 101 cm³/mol. The van der Waals surface area contributed by atoms with Crippen molar-refractivity contribution in [3.8, 4) is 11.5 Å². The van der Waals surface area contributed by atoms with E-state index in [0.717, 1.165) is 22.9 Å². The normalized spacial score (nSPS) is 10.6. The van der Waals surface area contributed by atoms with Gasteiger partial charge in [-0.2, -0.15) is 0 Å². The molecule has 2 N–H and O–H groups in total. The van der Waals surface area contributed by atoms with Crippen LogP contribution in [0.5, 0.6) is 0 Å². The van der Waals surface area contributed by atoms with E-state index in [1.54, 1.807) is 19.1 Å². The zero-order valence-electron chi connectivity index (χ0n) is 15.0. The van der Waals surface area contributed by atoms with Crippen molar-refractivity contribution in [1.29, 1.82) is 0 Å². The van der Waals surface area contributed by atoms with Crippen LogP contribution < -0.4 is 10.6 Å². The van der Waals surface area contributed by atoms with Gasteiger partial charge in [-0.1, -0.05) is 29.5 Å². The molecule has 0 unspecified atom stereocenters. The molecular weight excluding hydrogens is 368 g/mol. The van der Waals surface area contributed by atoms with E-state index in [9.17, 15) is 9.59 Å². The molecule has 0 atom stereocenters. The number of amides is 3. The summed E-state index contributed by atoms with van der Waals surface area (Å²) in [6.07, 6.45) is 1.53. The number of hydrogen-bond donors (Lipinski definition) is 2. The highest BCUT2D eigenvalue weighted by Gasteiger charge is 2.15. The molecule has 140 valence electrons. The van der Waals surface area contributed by atoms with Crippen LogP contribution in [0.25, 0.3) is 11.5 Å². The van der Waals surface area contributed by atoms with Crippen molar-refractivity contribution in [2.45, 2.75) is 26.0 Å². The molecule has 0 aliphatic carbocycles. The number of aryl methyl sites for hydroxylation is 3. The lowest BCUT2D eigenvalue weighted by molar-refractivity contribution is -0.117. The van der Waals surface area contributed by atoms with E-state index in [4.69, 9.17) is 8.83 Å². The first kappa shape index (κ1) is 18.7. The van der Waals surface area contributed by atoms with E-state index in [1.165, 1.54) is 6.26 Å². The molecule has 0 saturated heterocycles. The number of rotatable bonds is 5. The number of furan rings is 1. The minimum atomic E-state index is -0.590. The number of carbonyl (C=O) groups excluding carboxylic acids is 2. The Morgan fingerprint density at radius 3 is 2.67 bits per heavy atom. The maximum Gasteiger partial charge on any atom is 0.325 e. The maximum absolute atomic E-state index is 12.0. The van der Waals surface area contributed by atoms with Gasteiger partial charge in [-0.05, 0) is 38.5 Å². The van der Waals surface area contributed by atoms with Crippen molar-refractivity contribution in [2.24, 2.45) is 0 Å². The predicted octanol–water partition coefficient (Wildman–Crippen LogP) is 3.70. The van der Waals surface area contributed by atoms with E-state index < -0.39 is 11.9 Å². The van der Waals surface area contributed by atoms with Crippen LogP contribution in [0.1, 0.15) is 16.9 Å². The molecule has 0 fully saturated rings. The average Bonchev–Trinajstić information content (AvgIpc) is 3.24. The van der Waals surface area contributed by atoms with E-state index in [1.807, 2.05) is 26.0 Å². The van der Waals surface area contributed by atoms with Gasteiger partial charge in [0.15, 0.2) is 0 Å². The van der Waals surface area contributed by atoms with Gasteiger partial charge in [-0.3, -0.25) is 10.1 Å². The number of hydrogen-bond acceptors (Lipinski definition) is 7. The Bertz CT molecular complexity index is 979. The van der Waals surface area contributed by atoms with E-state index in [0.29, 0.717) is 22.9 Å². The van der Waals surface area contributed by atoms with Gasteiger partial charge in [0.05, 0.1) is 17.6 Å². The van der Waals surface area contributed by atoms with Crippen LogP contribution in [0.4, 0.5) is 10.5 Å². The number of imide groups is 1. The number of nitrogens with one attached hydrogen (secondary N) is 2. The minimum Gasteiger partial charge on any atom is -0.469 e. The molecule has 27 heavy (non-hydrogen) atoms. The monoisotopic (exact) mass is 386 g/mol. The first-order valence-electron chi connectivity index (χ1n) is 8.11. The molecule has 0 aliphatic rings. The summed E-state index contributed by atoms with van der Waals surface area (Å²) in [4.78, 5) is 23.9. The van der Waals surface area contributed by atoms with E-state index >= 15 is 0 Å². The first-order valence-corrected chi connectivity index (χ1v) is 9.10. The Balaban J connectivity index is 1.50. The lowest BCUT2D eigenvalue weighted by atomic mass is 10.1. The van der Waals surface area contributed by atoms with Gasteiger partial charge < -0.3 is 14.2 Å². The summed E-state index contributed by atoms with van der Waals surface area (Å²) in [5, 5.41) is 13.0. The van der Waals surface area contributed by atoms with Crippen molar-refractivity contribution >= 4 is 29.4 Å². The first-order chi connectivity index (χ1) is 12.9. The second-order valence-electron chi connectivity index (χ2n) is 5.87. The van der Waals surface area contributed by atoms with Gasteiger partial charge in [0.2, 0.25) is 5.91 Å². The van der Waals surface area contributed by atoms with E-state index in [2.05, 4.69) is 20.8 Å². The third-order valence-electron chi connectivity index (χ3n) is 3.71. The number of urea groups is 1. The van der Waals surface area contributed by atoms with Crippen LogP contribution >= 0.6 is 11.8 Å². The summed E-state index contributed by atoms with van der Waals surface area (Å²) in [6.45, 7) is 5.64. The number of anilines is 1.